The molecule has 0 aliphatic rings. The van der Waals surface area contributed by atoms with Crippen molar-refractivity contribution in [3.05, 3.63) is 84.4 Å². The molecule has 0 radical (unpaired) electrons. The zero-order valence-electron chi connectivity index (χ0n) is 15.5. The average Bonchev–Trinajstić information content (AvgIpc) is 2.70. The number of aryl methyl sites for hydroxylation is 1. The quantitative estimate of drug-likeness (QED) is 0.597. The molecular weight excluding hydrogens is 338 g/mol. The van der Waals surface area contributed by atoms with Gasteiger partial charge in [-0.15, -0.1) is 0 Å². The smallest absolute Gasteiger partial charge is 0.265 e. The Bertz CT molecular complexity index is 858. The molecule has 0 bridgehead atoms. The highest BCUT2D eigenvalue weighted by Gasteiger charge is 2.18. The molecule has 4 nitrogen and oxygen atoms in total. The monoisotopic (exact) mass is 361 g/mol. The zero-order chi connectivity index (χ0) is 19.1. The second-order valence-corrected chi connectivity index (χ2v) is 6.26. The van der Waals surface area contributed by atoms with Crippen molar-refractivity contribution < 1.29 is 14.3 Å². The molecule has 0 heterocycles. The van der Waals surface area contributed by atoms with Gasteiger partial charge in [-0.25, -0.2) is 0 Å². The SMILES string of the molecule is CCC(Oc1ccc(C)cc1)C(=O)Nc1ccc(Oc2ccccc2)cc1. The van der Waals surface area contributed by atoms with Gasteiger partial charge in [0.2, 0.25) is 0 Å². The van der Waals surface area contributed by atoms with E-state index in [1.54, 1.807) is 0 Å². The van der Waals surface area contributed by atoms with Gasteiger partial charge in [0, 0.05) is 5.69 Å². The van der Waals surface area contributed by atoms with Crippen LogP contribution < -0.4 is 14.8 Å². The first kappa shape index (κ1) is 18.5. The molecule has 138 valence electrons. The van der Waals surface area contributed by atoms with E-state index in [1.165, 1.54) is 0 Å². The maximum Gasteiger partial charge on any atom is 0.265 e. The molecule has 0 aliphatic carbocycles. The van der Waals surface area contributed by atoms with Crippen molar-refractivity contribution >= 4 is 11.6 Å². The minimum atomic E-state index is -0.548. The number of hydrogen-bond donors (Lipinski definition) is 1. The first-order valence-electron chi connectivity index (χ1n) is 9.01. The second-order valence-electron chi connectivity index (χ2n) is 6.26. The maximum atomic E-state index is 12.5. The lowest BCUT2D eigenvalue weighted by Gasteiger charge is -2.17. The predicted octanol–water partition coefficient (Wildman–Crippen LogP) is 5.58. The lowest BCUT2D eigenvalue weighted by molar-refractivity contribution is -0.122. The molecule has 0 aliphatic heterocycles. The molecule has 3 aromatic carbocycles. The van der Waals surface area contributed by atoms with Crippen LogP contribution in [-0.4, -0.2) is 12.0 Å². The van der Waals surface area contributed by atoms with Crippen molar-refractivity contribution in [2.24, 2.45) is 0 Å². The van der Waals surface area contributed by atoms with Gasteiger partial charge in [-0.2, -0.15) is 0 Å². The van der Waals surface area contributed by atoms with Gasteiger partial charge in [-0.05, 0) is 61.9 Å². The number of nitrogens with one attached hydrogen (secondary N) is 1. The van der Waals surface area contributed by atoms with Crippen molar-refractivity contribution in [2.75, 3.05) is 5.32 Å². The van der Waals surface area contributed by atoms with Crippen LogP contribution in [0.1, 0.15) is 18.9 Å². The zero-order valence-corrected chi connectivity index (χ0v) is 15.5. The van der Waals surface area contributed by atoms with Crippen molar-refractivity contribution in [1.29, 1.82) is 0 Å². The minimum Gasteiger partial charge on any atom is -0.481 e. The number of carbonyl (C=O) groups excluding carboxylic acids is 1. The van der Waals surface area contributed by atoms with Gasteiger partial charge in [0.1, 0.15) is 17.2 Å². The van der Waals surface area contributed by atoms with E-state index in [9.17, 15) is 4.79 Å². The normalized spacial score (nSPS) is 11.5. The lowest BCUT2D eigenvalue weighted by atomic mass is 10.2. The van der Waals surface area contributed by atoms with Crippen molar-refractivity contribution in [1.82, 2.24) is 0 Å². The van der Waals surface area contributed by atoms with Crippen molar-refractivity contribution in [3.8, 4) is 17.2 Å². The largest absolute Gasteiger partial charge is 0.481 e. The van der Waals surface area contributed by atoms with E-state index in [-0.39, 0.29) is 5.91 Å². The molecule has 1 atom stereocenters. The highest BCUT2D eigenvalue weighted by atomic mass is 16.5. The third kappa shape index (κ3) is 5.35. The van der Waals surface area contributed by atoms with Gasteiger partial charge < -0.3 is 14.8 Å². The molecule has 0 saturated carbocycles. The van der Waals surface area contributed by atoms with E-state index >= 15 is 0 Å². The van der Waals surface area contributed by atoms with Crippen molar-refractivity contribution in [3.63, 3.8) is 0 Å². The number of rotatable bonds is 7. The van der Waals surface area contributed by atoms with Crippen LogP contribution in [0.4, 0.5) is 5.69 Å². The van der Waals surface area contributed by atoms with Gasteiger partial charge in [0.25, 0.3) is 5.91 Å². The summed E-state index contributed by atoms with van der Waals surface area (Å²) in [7, 11) is 0. The molecule has 4 heteroatoms. The number of para-hydroxylation sites is 1. The highest BCUT2D eigenvalue weighted by molar-refractivity contribution is 5.94. The number of benzene rings is 3. The third-order valence-electron chi connectivity index (χ3n) is 4.06. The van der Waals surface area contributed by atoms with Gasteiger partial charge in [0.15, 0.2) is 6.10 Å². The maximum absolute atomic E-state index is 12.5. The second kappa shape index (κ2) is 8.90. The Morgan fingerprint density at radius 1 is 0.852 bits per heavy atom. The van der Waals surface area contributed by atoms with Crippen LogP contribution in [0.3, 0.4) is 0 Å². The predicted molar refractivity (Wildman–Crippen MR) is 107 cm³/mol. The Morgan fingerprint density at radius 2 is 1.44 bits per heavy atom. The molecule has 1 amide bonds. The van der Waals surface area contributed by atoms with E-state index in [0.717, 1.165) is 11.3 Å². The average molecular weight is 361 g/mol. The molecule has 3 rings (SSSR count). The summed E-state index contributed by atoms with van der Waals surface area (Å²) in [6, 6.07) is 24.5. The molecule has 1 unspecified atom stereocenters. The van der Waals surface area contributed by atoms with Crippen LogP contribution in [0.15, 0.2) is 78.9 Å². The topological polar surface area (TPSA) is 47.6 Å². The van der Waals surface area contributed by atoms with Crippen LogP contribution in [0.2, 0.25) is 0 Å². The van der Waals surface area contributed by atoms with Crippen LogP contribution in [0, 0.1) is 6.92 Å². The molecule has 0 saturated heterocycles. The van der Waals surface area contributed by atoms with Crippen molar-refractivity contribution in [2.45, 2.75) is 26.4 Å². The fraction of sp³-hybridized carbons (Fsp3) is 0.174. The van der Waals surface area contributed by atoms with Crippen LogP contribution in [0.25, 0.3) is 0 Å². The van der Waals surface area contributed by atoms with E-state index in [0.29, 0.717) is 23.6 Å². The number of anilines is 1. The lowest BCUT2D eigenvalue weighted by Crippen LogP contribution is -2.32. The summed E-state index contributed by atoms with van der Waals surface area (Å²) >= 11 is 0. The highest BCUT2D eigenvalue weighted by Crippen LogP contribution is 2.23. The molecular formula is C23H23NO3. The van der Waals surface area contributed by atoms with E-state index in [1.807, 2.05) is 92.7 Å². The Labute approximate surface area is 159 Å². The molecule has 0 aromatic heterocycles. The standard InChI is InChI=1S/C23H23NO3/c1-3-22(27-21-13-9-17(2)10-14-21)23(25)24-18-11-15-20(16-12-18)26-19-7-5-4-6-8-19/h4-16,22H,3H2,1-2H3,(H,24,25). The Morgan fingerprint density at radius 3 is 2.07 bits per heavy atom. The number of hydrogen-bond acceptors (Lipinski definition) is 3. The van der Waals surface area contributed by atoms with Gasteiger partial charge in [-0.3, -0.25) is 4.79 Å². The summed E-state index contributed by atoms with van der Waals surface area (Å²) in [6.07, 6.45) is 0.0301. The Hall–Kier alpha value is -3.27. The summed E-state index contributed by atoms with van der Waals surface area (Å²) in [4.78, 5) is 12.5. The summed E-state index contributed by atoms with van der Waals surface area (Å²) < 4.78 is 11.6. The first-order chi connectivity index (χ1) is 13.1. The summed E-state index contributed by atoms with van der Waals surface area (Å²) in [6.45, 7) is 3.94. The van der Waals surface area contributed by atoms with Crippen LogP contribution in [0.5, 0.6) is 17.2 Å². The van der Waals surface area contributed by atoms with E-state index in [4.69, 9.17) is 9.47 Å². The van der Waals surface area contributed by atoms with Gasteiger partial charge in [0.05, 0.1) is 0 Å². The third-order valence-corrected chi connectivity index (χ3v) is 4.06. The summed E-state index contributed by atoms with van der Waals surface area (Å²) in [5.41, 5.74) is 1.85. The first-order valence-corrected chi connectivity index (χ1v) is 9.01. The van der Waals surface area contributed by atoms with Crippen LogP contribution in [-0.2, 0) is 4.79 Å². The molecule has 1 N–H and O–H groups in total. The van der Waals surface area contributed by atoms with E-state index < -0.39 is 6.10 Å². The fourth-order valence-corrected chi connectivity index (χ4v) is 2.56. The number of amides is 1. The summed E-state index contributed by atoms with van der Waals surface area (Å²) in [5, 5.41) is 2.90. The molecule has 27 heavy (non-hydrogen) atoms. The molecule has 0 spiro atoms. The van der Waals surface area contributed by atoms with E-state index in [2.05, 4.69) is 5.32 Å². The molecule has 3 aromatic rings. The van der Waals surface area contributed by atoms with Crippen LogP contribution >= 0.6 is 0 Å². The minimum absolute atomic E-state index is 0.171. The van der Waals surface area contributed by atoms with Gasteiger partial charge >= 0.3 is 0 Å². The number of ether oxygens (including phenoxy) is 2. The summed E-state index contributed by atoms with van der Waals surface area (Å²) in [5.74, 6) is 2.00. The van der Waals surface area contributed by atoms with Gasteiger partial charge in [-0.1, -0.05) is 42.8 Å². The molecule has 0 fully saturated rings. The Kier molecular flexibility index (Phi) is 6.10. The number of carbonyl (C=O) groups is 1. The fourth-order valence-electron chi connectivity index (χ4n) is 2.56. The Balaban J connectivity index is 1.59.